The number of fused-ring (bicyclic) bond motifs is 3. The highest BCUT2D eigenvalue weighted by molar-refractivity contribution is 6.03. The number of pyridine rings is 1. The fraction of sp³-hybridized carbons (Fsp3) is 0.346. The van der Waals surface area contributed by atoms with Crippen molar-refractivity contribution < 1.29 is 48.9 Å². The summed E-state index contributed by atoms with van der Waals surface area (Å²) >= 11 is 0. The predicted molar refractivity (Wildman–Crippen MR) is 134 cm³/mol. The number of piperidine rings is 1. The molecule has 0 radical (unpaired) electrons. The summed E-state index contributed by atoms with van der Waals surface area (Å²) in [7, 11) is 1.32. The lowest BCUT2D eigenvalue weighted by atomic mass is 9.90. The van der Waals surface area contributed by atoms with Gasteiger partial charge in [0.1, 0.15) is 40.6 Å². The number of phenols is 1. The molecule has 40 heavy (non-hydrogen) atoms. The van der Waals surface area contributed by atoms with Gasteiger partial charge in [-0.1, -0.05) is 6.07 Å². The normalized spacial score (nSPS) is 17.5. The number of hydrogen-bond acceptors (Lipinski definition) is 12. The first kappa shape index (κ1) is 26.3. The summed E-state index contributed by atoms with van der Waals surface area (Å²) < 4.78 is 42.8. The molecule has 2 aromatic carbocycles. The molecule has 1 atom stereocenters. The fourth-order valence-corrected chi connectivity index (χ4v) is 5.43. The van der Waals surface area contributed by atoms with E-state index in [9.17, 15) is 30.6 Å². The summed E-state index contributed by atoms with van der Waals surface area (Å²) in [5, 5.41) is 60.0. The van der Waals surface area contributed by atoms with E-state index in [0.29, 0.717) is 12.4 Å². The van der Waals surface area contributed by atoms with E-state index < -0.39 is 45.8 Å². The lowest BCUT2D eigenvalue weighted by Crippen LogP contribution is -2.52. The Kier molecular flexibility index (Phi) is 5.94. The van der Waals surface area contributed by atoms with E-state index >= 15 is 8.78 Å². The molecule has 0 bridgehead atoms. The van der Waals surface area contributed by atoms with E-state index in [1.807, 2.05) is 4.90 Å². The maximum Gasteiger partial charge on any atom is 0.337 e. The largest absolute Gasteiger partial charge is 0.508 e. The first-order chi connectivity index (χ1) is 18.9. The number of aromatic nitrogens is 3. The standard InChI is InChI=1S/C26H24F2N4O8/c1-39-24-30-21-17-22(31-24)32-7-3-2-4-12(32)10-40-23(17)29-20(19(21)28)14-9-13(33)8-11-5-6-15(27)18(16(11)14)25(34,35)26(36,37)38/h5-6,8-9,12,33-38H,2-4,7,10H2,1H3. The second-order valence-corrected chi connectivity index (χ2v) is 9.81. The molecule has 2 aliphatic rings. The van der Waals surface area contributed by atoms with Crippen molar-refractivity contribution in [1.82, 2.24) is 15.0 Å². The van der Waals surface area contributed by atoms with Crippen LogP contribution in [0.5, 0.6) is 17.6 Å². The summed E-state index contributed by atoms with van der Waals surface area (Å²) in [5.74, 6) is -10.8. The number of aliphatic hydroxyl groups is 5. The molecule has 210 valence electrons. The molecule has 0 spiro atoms. The summed E-state index contributed by atoms with van der Waals surface area (Å²) in [6.45, 7) is 0.817. The zero-order valence-electron chi connectivity index (χ0n) is 21.0. The van der Waals surface area contributed by atoms with Crippen LogP contribution in [0.25, 0.3) is 32.9 Å². The van der Waals surface area contributed by atoms with Crippen LogP contribution in [0.15, 0.2) is 24.3 Å². The molecule has 4 heterocycles. The van der Waals surface area contributed by atoms with Crippen LogP contribution in [0, 0.1) is 11.6 Å². The molecule has 4 aromatic rings. The number of benzene rings is 2. The fourth-order valence-electron chi connectivity index (χ4n) is 5.43. The molecule has 6 rings (SSSR count). The number of ether oxygens (including phenoxy) is 2. The lowest BCUT2D eigenvalue weighted by molar-refractivity contribution is -0.454. The zero-order valence-corrected chi connectivity index (χ0v) is 21.0. The lowest BCUT2D eigenvalue weighted by Gasteiger charge is -2.34. The smallest absolute Gasteiger partial charge is 0.337 e. The highest BCUT2D eigenvalue weighted by Gasteiger charge is 2.51. The number of anilines is 1. The van der Waals surface area contributed by atoms with Crippen molar-refractivity contribution in [3.05, 3.63) is 41.5 Å². The molecule has 14 heteroatoms. The van der Waals surface area contributed by atoms with E-state index in [-0.39, 0.29) is 46.4 Å². The van der Waals surface area contributed by atoms with Crippen LogP contribution in [0.1, 0.15) is 24.8 Å². The second kappa shape index (κ2) is 9.04. The zero-order chi connectivity index (χ0) is 28.6. The number of halogens is 2. The molecule has 0 amide bonds. The Balaban J connectivity index is 1.72. The molecule has 1 saturated heterocycles. The van der Waals surface area contributed by atoms with Gasteiger partial charge in [-0.05, 0) is 42.8 Å². The van der Waals surface area contributed by atoms with Crippen LogP contribution in [0.3, 0.4) is 0 Å². The average molecular weight is 558 g/mol. The van der Waals surface area contributed by atoms with E-state index in [4.69, 9.17) is 9.47 Å². The van der Waals surface area contributed by atoms with Crippen molar-refractivity contribution in [2.24, 2.45) is 0 Å². The Morgan fingerprint density at radius 2 is 1.80 bits per heavy atom. The minimum Gasteiger partial charge on any atom is -0.508 e. The van der Waals surface area contributed by atoms with E-state index in [2.05, 4.69) is 15.0 Å². The molecule has 0 aliphatic carbocycles. The molecular weight excluding hydrogens is 534 g/mol. The Hall–Kier alpha value is -3.95. The van der Waals surface area contributed by atoms with E-state index in [0.717, 1.165) is 43.5 Å². The van der Waals surface area contributed by atoms with Gasteiger partial charge < -0.3 is 45.0 Å². The van der Waals surface area contributed by atoms with Crippen molar-refractivity contribution in [3.8, 4) is 28.9 Å². The van der Waals surface area contributed by atoms with Gasteiger partial charge in [-0.15, -0.1) is 0 Å². The molecule has 1 fully saturated rings. The Morgan fingerprint density at radius 1 is 1.02 bits per heavy atom. The number of aromatic hydroxyl groups is 1. The molecule has 2 aliphatic heterocycles. The molecule has 12 nitrogen and oxygen atoms in total. The van der Waals surface area contributed by atoms with Gasteiger partial charge in [0.15, 0.2) is 5.82 Å². The third kappa shape index (κ3) is 3.87. The highest BCUT2D eigenvalue weighted by Crippen LogP contribution is 2.45. The number of phenolic OH excluding ortho intramolecular Hbond substituents is 1. The van der Waals surface area contributed by atoms with Crippen molar-refractivity contribution in [3.63, 3.8) is 0 Å². The monoisotopic (exact) mass is 558 g/mol. The minimum absolute atomic E-state index is 0.0621. The third-order valence-electron chi connectivity index (χ3n) is 7.33. The Bertz CT molecular complexity index is 1680. The van der Waals surface area contributed by atoms with E-state index in [1.165, 1.54) is 7.11 Å². The van der Waals surface area contributed by atoms with Gasteiger partial charge in [-0.2, -0.15) is 9.97 Å². The maximum absolute atomic E-state index is 16.4. The summed E-state index contributed by atoms with van der Waals surface area (Å²) in [6.07, 6.45) is 2.62. The number of hydrogen-bond donors (Lipinski definition) is 6. The maximum atomic E-state index is 16.4. The van der Waals surface area contributed by atoms with Crippen LogP contribution in [-0.4, -0.2) is 77.9 Å². The average Bonchev–Trinajstić information content (AvgIpc) is 3.06. The van der Waals surface area contributed by atoms with Gasteiger partial charge in [0.25, 0.3) is 5.79 Å². The van der Waals surface area contributed by atoms with Crippen LogP contribution in [0.4, 0.5) is 14.6 Å². The minimum atomic E-state index is -4.24. The SMILES string of the molecule is COc1nc2c3c(nc(-c4cc(O)cc5ccc(F)c(C(O)(O)C(O)(O)O)c45)c(F)c3n1)OCC1CCCCN21. The summed E-state index contributed by atoms with van der Waals surface area (Å²) in [6, 6.07) is 3.72. The molecule has 2 aromatic heterocycles. The van der Waals surface area contributed by atoms with Gasteiger partial charge in [0.05, 0.1) is 18.7 Å². The number of rotatable bonds is 4. The first-order valence-corrected chi connectivity index (χ1v) is 12.3. The molecule has 6 N–H and O–H groups in total. The first-order valence-electron chi connectivity index (χ1n) is 12.3. The van der Waals surface area contributed by atoms with Crippen LogP contribution in [0.2, 0.25) is 0 Å². The summed E-state index contributed by atoms with van der Waals surface area (Å²) in [4.78, 5) is 15.0. The highest BCUT2D eigenvalue weighted by atomic mass is 19.1. The quantitative estimate of drug-likeness (QED) is 0.198. The second-order valence-electron chi connectivity index (χ2n) is 9.81. The van der Waals surface area contributed by atoms with Crippen LogP contribution >= 0.6 is 0 Å². The van der Waals surface area contributed by atoms with Crippen molar-refractivity contribution in [2.45, 2.75) is 37.1 Å². The van der Waals surface area contributed by atoms with Gasteiger partial charge in [0.2, 0.25) is 5.88 Å². The number of methoxy groups -OCH3 is 1. The Labute approximate surface area is 224 Å². The van der Waals surface area contributed by atoms with Crippen LogP contribution < -0.4 is 14.4 Å². The van der Waals surface area contributed by atoms with E-state index in [1.54, 1.807) is 0 Å². The molecular formula is C26H24F2N4O8. The van der Waals surface area contributed by atoms with Crippen LogP contribution in [-0.2, 0) is 5.79 Å². The Morgan fingerprint density at radius 3 is 2.52 bits per heavy atom. The predicted octanol–water partition coefficient (Wildman–Crippen LogP) is 1.36. The van der Waals surface area contributed by atoms with Gasteiger partial charge in [0, 0.05) is 17.5 Å². The number of nitrogens with zero attached hydrogens (tertiary/aromatic N) is 4. The van der Waals surface area contributed by atoms with Gasteiger partial charge in [-0.25, -0.2) is 13.8 Å². The van der Waals surface area contributed by atoms with Gasteiger partial charge in [-0.3, -0.25) is 0 Å². The summed E-state index contributed by atoms with van der Waals surface area (Å²) in [5.41, 5.74) is -2.40. The van der Waals surface area contributed by atoms with Crippen molar-refractivity contribution in [2.75, 3.05) is 25.2 Å². The van der Waals surface area contributed by atoms with Crippen molar-refractivity contribution >= 4 is 27.5 Å². The van der Waals surface area contributed by atoms with Gasteiger partial charge >= 0.3 is 12.0 Å². The molecule has 0 saturated carbocycles. The van der Waals surface area contributed by atoms with Crippen molar-refractivity contribution in [1.29, 1.82) is 0 Å². The topological polar surface area (TPSA) is 182 Å². The third-order valence-corrected chi connectivity index (χ3v) is 7.33. The molecule has 1 unspecified atom stereocenters.